The van der Waals surface area contributed by atoms with Crippen LogP contribution in [0.4, 0.5) is 0 Å². The average Bonchev–Trinajstić information content (AvgIpc) is 2.97. The zero-order valence-corrected chi connectivity index (χ0v) is 12.7. The van der Waals surface area contributed by atoms with Crippen molar-refractivity contribution in [3.63, 3.8) is 0 Å². The largest absolute Gasteiger partial charge is 0.376 e. The predicted octanol–water partition coefficient (Wildman–Crippen LogP) is 1.30. The third kappa shape index (κ3) is 3.93. The van der Waals surface area contributed by atoms with Gasteiger partial charge in [-0.25, -0.2) is 0 Å². The van der Waals surface area contributed by atoms with E-state index in [2.05, 4.69) is 0 Å². The van der Waals surface area contributed by atoms with Crippen molar-refractivity contribution in [2.24, 2.45) is 5.73 Å². The summed E-state index contributed by atoms with van der Waals surface area (Å²) in [7, 11) is 0. The number of nitrogens with two attached hydrogens (primary N) is 1. The molecule has 0 saturated carbocycles. The molecule has 2 aliphatic heterocycles. The maximum atomic E-state index is 12.5. The third-order valence-electron chi connectivity index (χ3n) is 4.34. The van der Waals surface area contributed by atoms with Gasteiger partial charge in [-0.2, -0.15) is 0 Å². The summed E-state index contributed by atoms with van der Waals surface area (Å²) in [5, 5.41) is 0. The number of hydrogen-bond acceptors (Lipinski definition) is 4. The molecule has 2 rings (SSSR count). The monoisotopic (exact) mass is 284 g/mol. The van der Waals surface area contributed by atoms with Crippen LogP contribution in [0.15, 0.2) is 0 Å². The lowest BCUT2D eigenvalue weighted by molar-refractivity contribution is -0.148. The third-order valence-corrected chi connectivity index (χ3v) is 4.34. The smallest absolute Gasteiger partial charge is 0.251 e. The van der Waals surface area contributed by atoms with E-state index in [4.69, 9.17) is 15.2 Å². The highest BCUT2D eigenvalue weighted by Crippen LogP contribution is 2.21. The van der Waals surface area contributed by atoms with Crippen LogP contribution in [0, 0.1) is 0 Å². The molecule has 2 saturated heterocycles. The Morgan fingerprint density at radius 2 is 2.15 bits per heavy atom. The highest BCUT2D eigenvalue weighted by Gasteiger charge is 2.32. The maximum Gasteiger partial charge on any atom is 0.251 e. The van der Waals surface area contributed by atoms with Crippen LogP contribution in [0.2, 0.25) is 0 Å². The Bertz CT molecular complexity index is 316. The highest BCUT2D eigenvalue weighted by molar-refractivity contribution is 5.81. The van der Waals surface area contributed by atoms with E-state index in [1.807, 2.05) is 18.7 Å². The number of nitrogens with zero attached hydrogens (tertiary/aromatic N) is 1. The Morgan fingerprint density at radius 3 is 2.80 bits per heavy atom. The zero-order valence-electron chi connectivity index (χ0n) is 12.7. The summed E-state index contributed by atoms with van der Waals surface area (Å²) in [5.41, 5.74) is 6.01. The first-order valence-electron chi connectivity index (χ1n) is 7.89. The van der Waals surface area contributed by atoms with Crippen LogP contribution < -0.4 is 5.73 Å². The van der Waals surface area contributed by atoms with Gasteiger partial charge in [0.05, 0.1) is 12.7 Å². The number of likely N-dealkylation sites (tertiary alicyclic amines) is 1. The molecule has 0 aromatic rings. The molecule has 20 heavy (non-hydrogen) atoms. The predicted molar refractivity (Wildman–Crippen MR) is 77.4 cm³/mol. The second-order valence-corrected chi connectivity index (χ2v) is 6.06. The van der Waals surface area contributed by atoms with E-state index in [-0.39, 0.29) is 24.1 Å². The fourth-order valence-electron chi connectivity index (χ4n) is 3.11. The topological polar surface area (TPSA) is 64.8 Å². The van der Waals surface area contributed by atoms with Gasteiger partial charge in [0, 0.05) is 25.2 Å². The lowest BCUT2D eigenvalue weighted by Crippen LogP contribution is -2.54. The standard InChI is InChI=1S/C15H28N2O3/c1-11(16)14-7-3-4-8-17(14)15(18)12(2)20-10-13-6-5-9-19-13/h11-14H,3-10,16H2,1-2H3. The maximum absolute atomic E-state index is 12.5. The Morgan fingerprint density at radius 1 is 1.35 bits per heavy atom. The van der Waals surface area contributed by atoms with Crippen LogP contribution in [-0.4, -0.2) is 54.9 Å². The van der Waals surface area contributed by atoms with E-state index in [1.165, 1.54) is 0 Å². The van der Waals surface area contributed by atoms with Gasteiger partial charge in [-0.3, -0.25) is 4.79 Å². The van der Waals surface area contributed by atoms with Crippen LogP contribution >= 0.6 is 0 Å². The van der Waals surface area contributed by atoms with E-state index in [9.17, 15) is 4.79 Å². The minimum atomic E-state index is -0.404. The average molecular weight is 284 g/mol. The molecule has 2 fully saturated rings. The molecule has 1 amide bonds. The minimum Gasteiger partial charge on any atom is -0.376 e. The van der Waals surface area contributed by atoms with Gasteiger partial charge in [0.2, 0.25) is 0 Å². The molecule has 4 atom stereocenters. The van der Waals surface area contributed by atoms with Crippen molar-refractivity contribution in [1.29, 1.82) is 0 Å². The Balaban J connectivity index is 1.84. The number of rotatable bonds is 5. The second-order valence-electron chi connectivity index (χ2n) is 6.06. The SMILES string of the molecule is CC(OCC1CCCO1)C(=O)N1CCCCC1C(C)N. The lowest BCUT2D eigenvalue weighted by atomic mass is 9.96. The molecule has 0 aliphatic carbocycles. The van der Waals surface area contributed by atoms with Crippen molar-refractivity contribution in [3.8, 4) is 0 Å². The summed E-state index contributed by atoms with van der Waals surface area (Å²) in [6.45, 7) is 5.95. The second kappa shape index (κ2) is 7.38. The van der Waals surface area contributed by atoms with Gasteiger partial charge in [0.15, 0.2) is 0 Å². The van der Waals surface area contributed by atoms with Crippen molar-refractivity contribution in [2.75, 3.05) is 19.8 Å². The van der Waals surface area contributed by atoms with Crippen molar-refractivity contribution in [2.45, 2.75) is 70.2 Å². The molecule has 0 aromatic heterocycles. The van der Waals surface area contributed by atoms with Gasteiger partial charge in [-0.1, -0.05) is 0 Å². The first-order valence-corrected chi connectivity index (χ1v) is 7.89. The summed E-state index contributed by atoms with van der Waals surface area (Å²) in [6.07, 6.45) is 5.10. The van der Waals surface area contributed by atoms with Crippen LogP contribution in [-0.2, 0) is 14.3 Å². The molecule has 5 nitrogen and oxygen atoms in total. The summed E-state index contributed by atoms with van der Waals surface area (Å²) in [6, 6.07) is 0.176. The molecular weight excluding hydrogens is 256 g/mol. The first kappa shape index (κ1) is 15.7. The normalized spacial score (nSPS) is 30.2. The molecule has 2 aliphatic rings. The van der Waals surface area contributed by atoms with Crippen LogP contribution in [0.3, 0.4) is 0 Å². The molecular formula is C15H28N2O3. The molecule has 0 bridgehead atoms. The molecule has 0 spiro atoms. The fourth-order valence-corrected chi connectivity index (χ4v) is 3.11. The first-order chi connectivity index (χ1) is 9.59. The van der Waals surface area contributed by atoms with E-state index in [0.29, 0.717) is 6.61 Å². The van der Waals surface area contributed by atoms with Gasteiger partial charge in [-0.05, 0) is 46.0 Å². The lowest BCUT2D eigenvalue weighted by Gasteiger charge is -2.39. The van der Waals surface area contributed by atoms with E-state index in [0.717, 1.165) is 45.3 Å². The summed E-state index contributed by atoms with van der Waals surface area (Å²) in [5.74, 6) is 0.0741. The number of hydrogen-bond donors (Lipinski definition) is 1. The van der Waals surface area contributed by atoms with Crippen molar-refractivity contribution in [1.82, 2.24) is 4.90 Å². The van der Waals surface area contributed by atoms with Crippen LogP contribution in [0.25, 0.3) is 0 Å². The molecule has 5 heteroatoms. The quantitative estimate of drug-likeness (QED) is 0.826. The Labute approximate surface area is 121 Å². The van der Waals surface area contributed by atoms with E-state index in [1.54, 1.807) is 0 Å². The summed E-state index contributed by atoms with van der Waals surface area (Å²) < 4.78 is 11.2. The number of carbonyl (C=O) groups excluding carboxylic acids is 1. The van der Waals surface area contributed by atoms with Gasteiger partial charge in [-0.15, -0.1) is 0 Å². The van der Waals surface area contributed by atoms with Gasteiger partial charge in [0.1, 0.15) is 6.10 Å². The van der Waals surface area contributed by atoms with Crippen molar-refractivity contribution >= 4 is 5.91 Å². The highest BCUT2D eigenvalue weighted by atomic mass is 16.5. The molecule has 0 aromatic carbocycles. The molecule has 0 radical (unpaired) electrons. The number of carbonyl (C=O) groups is 1. The van der Waals surface area contributed by atoms with E-state index >= 15 is 0 Å². The molecule has 2 heterocycles. The Hall–Kier alpha value is -0.650. The molecule has 2 N–H and O–H groups in total. The van der Waals surface area contributed by atoms with Gasteiger partial charge < -0.3 is 20.1 Å². The fraction of sp³-hybridized carbons (Fsp3) is 0.933. The number of ether oxygens (including phenoxy) is 2. The molecule has 4 unspecified atom stereocenters. The Kier molecular flexibility index (Phi) is 5.81. The van der Waals surface area contributed by atoms with Crippen molar-refractivity contribution in [3.05, 3.63) is 0 Å². The summed E-state index contributed by atoms with van der Waals surface area (Å²) in [4.78, 5) is 14.4. The van der Waals surface area contributed by atoms with Crippen molar-refractivity contribution < 1.29 is 14.3 Å². The van der Waals surface area contributed by atoms with Gasteiger partial charge >= 0.3 is 0 Å². The van der Waals surface area contributed by atoms with E-state index < -0.39 is 6.10 Å². The van der Waals surface area contributed by atoms with Crippen LogP contribution in [0.5, 0.6) is 0 Å². The number of amides is 1. The summed E-state index contributed by atoms with van der Waals surface area (Å²) >= 11 is 0. The molecule has 116 valence electrons. The van der Waals surface area contributed by atoms with Crippen LogP contribution in [0.1, 0.15) is 46.0 Å². The number of piperidine rings is 1. The zero-order chi connectivity index (χ0) is 14.5. The minimum absolute atomic E-state index is 0.0182. The van der Waals surface area contributed by atoms with Gasteiger partial charge in [0.25, 0.3) is 5.91 Å².